The van der Waals surface area contributed by atoms with E-state index >= 15 is 0 Å². The van der Waals surface area contributed by atoms with Crippen molar-refractivity contribution in [1.82, 2.24) is 19.6 Å². The van der Waals surface area contributed by atoms with Gasteiger partial charge in [-0.1, -0.05) is 6.92 Å². The van der Waals surface area contributed by atoms with E-state index in [0.29, 0.717) is 0 Å². The maximum atomic E-state index is 4.69. The van der Waals surface area contributed by atoms with E-state index in [0.717, 1.165) is 28.6 Å². The Hall–Kier alpha value is -1.49. The van der Waals surface area contributed by atoms with Crippen molar-refractivity contribution < 1.29 is 0 Å². The Morgan fingerprint density at radius 2 is 2.33 bits per heavy atom. The summed E-state index contributed by atoms with van der Waals surface area (Å²) in [7, 11) is 0. The van der Waals surface area contributed by atoms with Crippen molar-refractivity contribution in [3.8, 4) is 0 Å². The quantitative estimate of drug-likeness (QED) is 0.622. The molecule has 0 amide bonds. The van der Waals surface area contributed by atoms with Gasteiger partial charge in [-0.25, -0.2) is 9.97 Å². The molecule has 0 unspecified atom stereocenters. The lowest BCUT2D eigenvalue weighted by Crippen LogP contribution is -2.08. The fourth-order valence-electron chi connectivity index (χ4n) is 2.89. The first-order valence-electron chi connectivity index (χ1n) is 6.34. The third-order valence-electron chi connectivity index (χ3n) is 3.83. The maximum Gasteiger partial charge on any atom is 0.167 e. The Morgan fingerprint density at radius 3 is 3.22 bits per heavy atom. The third-order valence-corrected chi connectivity index (χ3v) is 4.98. The largest absolute Gasteiger partial charge is 0.222 e. The zero-order valence-electron chi connectivity index (χ0n) is 10.5. The van der Waals surface area contributed by atoms with E-state index in [2.05, 4.69) is 22.0 Å². The second kappa shape index (κ2) is 3.51. The summed E-state index contributed by atoms with van der Waals surface area (Å²) in [5, 5.41) is 5.50. The van der Waals surface area contributed by atoms with Crippen LogP contribution in [-0.4, -0.2) is 19.6 Å². The molecule has 0 saturated heterocycles. The molecule has 3 heterocycles. The zero-order valence-corrected chi connectivity index (χ0v) is 11.3. The molecule has 0 aliphatic heterocycles. The lowest BCUT2D eigenvalue weighted by Gasteiger charge is -2.17. The Balaban J connectivity index is 2.14. The summed E-state index contributed by atoms with van der Waals surface area (Å²) in [6, 6.07) is 0. The smallest absolute Gasteiger partial charge is 0.167 e. The minimum atomic E-state index is 0.792. The topological polar surface area (TPSA) is 43.1 Å². The van der Waals surface area contributed by atoms with Crippen LogP contribution in [0.5, 0.6) is 0 Å². The Kier molecular flexibility index (Phi) is 2.03. The number of aryl methyl sites for hydroxylation is 2. The van der Waals surface area contributed by atoms with E-state index in [1.54, 1.807) is 6.33 Å². The van der Waals surface area contributed by atoms with Crippen LogP contribution in [-0.2, 0) is 12.8 Å². The van der Waals surface area contributed by atoms with E-state index < -0.39 is 0 Å². The van der Waals surface area contributed by atoms with E-state index in [1.165, 1.54) is 28.7 Å². The van der Waals surface area contributed by atoms with Gasteiger partial charge in [-0.3, -0.25) is 0 Å². The highest BCUT2D eigenvalue weighted by atomic mass is 32.1. The van der Waals surface area contributed by atoms with Crippen molar-refractivity contribution in [2.24, 2.45) is 5.92 Å². The van der Waals surface area contributed by atoms with Crippen molar-refractivity contribution in [2.45, 2.75) is 33.1 Å². The number of fused-ring (bicyclic) bond motifs is 5. The number of hydrogen-bond acceptors (Lipinski definition) is 4. The standard InChI is InChI=1S/C13H14N4S/c1-7-3-4-9-10(5-7)18-13-11(9)12-14-6-15-17(12)8(2)16-13/h6-7H,3-5H2,1-2H3/t7-/m0/s1. The molecule has 1 atom stereocenters. The molecule has 0 bridgehead atoms. The second-order valence-electron chi connectivity index (χ2n) is 5.19. The first-order chi connectivity index (χ1) is 8.74. The highest BCUT2D eigenvalue weighted by Crippen LogP contribution is 2.38. The van der Waals surface area contributed by atoms with Gasteiger partial charge in [0.1, 0.15) is 17.0 Å². The van der Waals surface area contributed by atoms with Crippen LogP contribution < -0.4 is 0 Å². The van der Waals surface area contributed by atoms with E-state index in [9.17, 15) is 0 Å². The van der Waals surface area contributed by atoms with Gasteiger partial charge < -0.3 is 0 Å². The van der Waals surface area contributed by atoms with Gasteiger partial charge in [0.05, 0.1) is 5.39 Å². The molecule has 4 rings (SSSR count). The molecule has 0 N–H and O–H groups in total. The molecule has 0 saturated carbocycles. The average molecular weight is 258 g/mol. The van der Waals surface area contributed by atoms with Gasteiger partial charge >= 0.3 is 0 Å². The maximum absolute atomic E-state index is 4.69. The van der Waals surface area contributed by atoms with Gasteiger partial charge in [0, 0.05) is 4.88 Å². The van der Waals surface area contributed by atoms with E-state index in [-0.39, 0.29) is 0 Å². The number of hydrogen-bond donors (Lipinski definition) is 0. The molecular weight excluding hydrogens is 244 g/mol. The fourth-order valence-corrected chi connectivity index (χ4v) is 4.31. The molecule has 0 aromatic carbocycles. The number of thiophene rings is 1. The van der Waals surface area contributed by atoms with Crippen LogP contribution >= 0.6 is 11.3 Å². The monoisotopic (exact) mass is 258 g/mol. The van der Waals surface area contributed by atoms with Gasteiger partial charge in [-0.15, -0.1) is 11.3 Å². The summed E-state index contributed by atoms with van der Waals surface area (Å²) in [5.74, 6) is 1.71. The SMILES string of the molecule is Cc1nc2sc3c(c2c2ncnn12)CC[C@H](C)C3. The Morgan fingerprint density at radius 1 is 1.44 bits per heavy atom. The lowest BCUT2D eigenvalue weighted by atomic mass is 9.89. The van der Waals surface area contributed by atoms with Crippen LogP contribution in [0.1, 0.15) is 29.6 Å². The van der Waals surface area contributed by atoms with Gasteiger partial charge in [-0.05, 0) is 37.7 Å². The van der Waals surface area contributed by atoms with Crippen molar-refractivity contribution >= 4 is 27.2 Å². The van der Waals surface area contributed by atoms with Crippen molar-refractivity contribution in [3.05, 3.63) is 22.6 Å². The molecule has 92 valence electrons. The summed E-state index contributed by atoms with van der Waals surface area (Å²) in [4.78, 5) is 11.7. The highest BCUT2D eigenvalue weighted by molar-refractivity contribution is 7.19. The van der Waals surface area contributed by atoms with Gasteiger partial charge in [-0.2, -0.15) is 9.61 Å². The van der Waals surface area contributed by atoms with Crippen LogP contribution in [0.15, 0.2) is 6.33 Å². The van der Waals surface area contributed by atoms with E-state index in [4.69, 9.17) is 0 Å². The molecule has 5 heteroatoms. The Bertz CT molecular complexity index is 755. The molecule has 4 nitrogen and oxygen atoms in total. The van der Waals surface area contributed by atoms with Crippen LogP contribution in [0, 0.1) is 12.8 Å². The van der Waals surface area contributed by atoms with Crippen LogP contribution in [0.2, 0.25) is 0 Å². The predicted molar refractivity (Wildman–Crippen MR) is 72.1 cm³/mol. The van der Waals surface area contributed by atoms with Gasteiger partial charge in [0.25, 0.3) is 0 Å². The number of aromatic nitrogens is 4. The normalized spacial score (nSPS) is 19.6. The van der Waals surface area contributed by atoms with Crippen molar-refractivity contribution in [3.63, 3.8) is 0 Å². The molecule has 18 heavy (non-hydrogen) atoms. The molecule has 0 fully saturated rings. The highest BCUT2D eigenvalue weighted by Gasteiger charge is 2.23. The van der Waals surface area contributed by atoms with Crippen molar-refractivity contribution in [2.75, 3.05) is 0 Å². The molecular formula is C13H14N4S. The summed E-state index contributed by atoms with van der Waals surface area (Å²) in [6.07, 6.45) is 5.24. The number of nitrogens with zero attached hydrogens (tertiary/aromatic N) is 4. The summed E-state index contributed by atoms with van der Waals surface area (Å²) < 4.78 is 1.85. The third kappa shape index (κ3) is 1.28. The molecule has 0 spiro atoms. The van der Waals surface area contributed by atoms with E-state index in [1.807, 2.05) is 22.8 Å². The van der Waals surface area contributed by atoms with Gasteiger partial charge in [0.15, 0.2) is 5.65 Å². The van der Waals surface area contributed by atoms with Crippen LogP contribution in [0.4, 0.5) is 0 Å². The lowest BCUT2D eigenvalue weighted by molar-refractivity contribution is 0.509. The first kappa shape index (κ1) is 10.4. The van der Waals surface area contributed by atoms with Crippen molar-refractivity contribution in [1.29, 1.82) is 0 Å². The number of rotatable bonds is 0. The first-order valence-corrected chi connectivity index (χ1v) is 7.16. The van der Waals surface area contributed by atoms with Gasteiger partial charge in [0.2, 0.25) is 0 Å². The molecule has 3 aromatic rings. The molecule has 0 radical (unpaired) electrons. The Labute approximate surface area is 109 Å². The summed E-state index contributed by atoms with van der Waals surface area (Å²) in [5.41, 5.74) is 2.45. The fraction of sp³-hybridized carbons (Fsp3) is 0.462. The minimum absolute atomic E-state index is 0.792. The molecule has 1 aliphatic carbocycles. The molecule has 1 aliphatic rings. The van der Waals surface area contributed by atoms with Crippen LogP contribution in [0.3, 0.4) is 0 Å². The second-order valence-corrected chi connectivity index (χ2v) is 6.27. The summed E-state index contributed by atoms with van der Waals surface area (Å²) >= 11 is 1.84. The summed E-state index contributed by atoms with van der Waals surface area (Å²) in [6.45, 7) is 4.32. The van der Waals surface area contributed by atoms with Crippen LogP contribution in [0.25, 0.3) is 15.9 Å². The minimum Gasteiger partial charge on any atom is -0.222 e. The zero-order chi connectivity index (χ0) is 12.3. The average Bonchev–Trinajstić information content (AvgIpc) is 2.91. The molecule has 3 aromatic heterocycles. The predicted octanol–water partition coefficient (Wildman–Crippen LogP) is 2.77.